The van der Waals surface area contributed by atoms with Gasteiger partial charge >= 0.3 is 0 Å². The molecule has 0 unspecified atom stereocenters. The van der Waals surface area contributed by atoms with Gasteiger partial charge in [-0.2, -0.15) is 0 Å². The van der Waals surface area contributed by atoms with Crippen LogP contribution in [0.15, 0.2) is 24.3 Å². The lowest BCUT2D eigenvalue weighted by atomic mass is 9.99. The first-order valence-corrected chi connectivity index (χ1v) is 6.85. The van der Waals surface area contributed by atoms with Gasteiger partial charge in [-0.25, -0.2) is 0 Å². The van der Waals surface area contributed by atoms with E-state index in [1.54, 1.807) is 0 Å². The molecule has 1 saturated heterocycles. The Morgan fingerprint density at radius 1 is 1.42 bits per heavy atom. The van der Waals surface area contributed by atoms with Crippen molar-refractivity contribution in [2.45, 2.75) is 19.4 Å². The summed E-state index contributed by atoms with van der Waals surface area (Å²) in [5.74, 6) is 0.878. The Kier molecular flexibility index (Phi) is 4.93. The first-order chi connectivity index (χ1) is 9.15. The van der Waals surface area contributed by atoms with Gasteiger partial charge in [0.2, 0.25) is 0 Å². The SMILES string of the molecule is CN(Cc1cccc(C(=N)N)c1)CC1CCOCC1. The van der Waals surface area contributed by atoms with Crippen molar-refractivity contribution < 1.29 is 4.74 Å². The van der Waals surface area contributed by atoms with Crippen LogP contribution in [0.5, 0.6) is 0 Å². The number of hydrogen-bond acceptors (Lipinski definition) is 3. The van der Waals surface area contributed by atoms with Crippen molar-refractivity contribution in [1.82, 2.24) is 4.90 Å². The molecule has 1 aliphatic rings. The average Bonchev–Trinajstić information content (AvgIpc) is 2.40. The van der Waals surface area contributed by atoms with Crippen molar-refractivity contribution in [1.29, 1.82) is 5.41 Å². The highest BCUT2D eigenvalue weighted by Crippen LogP contribution is 2.16. The second-order valence-electron chi connectivity index (χ2n) is 5.37. The van der Waals surface area contributed by atoms with Crippen molar-refractivity contribution in [2.75, 3.05) is 26.8 Å². The third kappa shape index (κ3) is 4.33. The van der Waals surface area contributed by atoms with Gasteiger partial charge in [-0.1, -0.05) is 18.2 Å². The molecule has 4 nitrogen and oxygen atoms in total. The predicted octanol–water partition coefficient (Wildman–Crippen LogP) is 1.83. The van der Waals surface area contributed by atoms with Gasteiger partial charge in [0.1, 0.15) is 5.84 Å². The molecule has 0 radical (unpaired) electrons. The van der Waals surface area contributed by atoms with Gasteiger partial charge in [0.25, 0.3) is 0 Å². The number of rotatable bonds is 5. The van der Waals surface area contributed by atoms with E-state index < -0.39 is 0 Å². The molecule has 0 bridgehead atoms. The van der Waals surface area contributed by atoms with Crippen molar-refractivity contribution in [2.24, 2.45) is 11.7 Å². The van der Waals surface area contributed by atoms with Crippen molar-refractivity contribution in [3.8, 4) is 0 Å². The number of benzene rings is 1. The molecule has 2 rings (SSSR count). The highest BCUT2D eigenvalue weighted by Gasteiger charge is 2.15. The van der Waals surface area contributed by atoms with Crippen LogP contribution in [0.25, 0.3) is 0 Å². The predicted molar refractivity (Wildman–Crippen MR) is 77.3 cm³/mol. The Morgan fingerprint density at radius 3 is 2.84 bits per heavy atom. The minimum atomic E-state index is 0.133. The molecule has 0 aromatic heterocycles. The molecule has 0 amide bonds. The number of nitrogen functional groups attached to an aromatic ring is 1. The molecule has 1 aliphatic heterocycles. The summed E-state index contributed by atoms with van der Waals surface area (Å²) < 4.78 is 5.39. The number of nitrogens with zero attached hydrogens (tertiary/aromatic N) is 1. The van der Waals surface area contributed by atoms with Gasteiger partial charge in [-0.15, -0.1) is 0 Å². The van der Waals surface area contributed by atoms with Crippen molar-refractivity contribution in [3.63, 3.8) is 0 Å². The molecular formula is C15H23N3O. The third-order valence-corrected chi connectivity index (χ3v) is 3.60. The largest absolute Gasteiger partial charge is 0.384 e. The Hall–Kier alpha value is -1.39. The number of ether oxygens (including phenoxy) is 1. The van der Waals surface area contributed by atoms with E-state index in [0.717, 1.165) is 50.6 Å². The minimum absolute atomic E-state index is 0.133. The maximum Gasteiger partial charge on any atom is 0.122 e. The van der Waals surface area contributed by atoms with Crippen LogP contribution < -0.4 is 5.73 Å². The van der Waals surface area contributed by atoms with Crippen LogP contribution in [0.3, 0.4) is 0 Å². The van der Waals surface area contributed by atoms with E-state index in [1.807, 2.05) is 18.2 Å². The first-order valence-electron chi connectivity index (χ1n) is 6.85. The third-order valence-electron chi connectivity index (χ3n) is 3.60. The Balaban J connectivity index is 1.88. The van der Waals surface area contributed by atoms with Crippen LogP contribution in [0.4, 0.5) is 0 Å². The zero-order valence-electron chi connectivity index (χ0n) is 11.6. The summed E-state index contributed by atoms with van der Waals surface area (Å²) in [7, 11) is 2.15. The lowest BCUT2D eigenvalue weighted by Gasteiger charge is -2.27. The zero-order valence-corrected chi connectivity index (χ0v) is 11.6. The molecule has 19 heavy (non-hydrogen) atoms. The summed E-state index contributed by atoms with van der Waals surface area (Å²) in [5.41, 5.74) is 7.53. The Labute approximate surface area is 115 Å². The second kappa shape index (κ2) is 6.68. The monoisotopic (exact) mass is 261 g/mol. The fraction of sp³-hybridized carbons (Fsp3) is 0.533. The quantitative estimate of drug-likeness (QED) is 0.628. The molecule has 0 spiro atoms. The molecule has 0 aliphatic carbocycles. The van der Waals surface area contributed by atoms with Gasteiger partial charge in [-0.3, -0.25) is 5.41 Å². The van der Waals surface area contributed by atoms with Crippen molar-refractivity contribution >= 4 is 5.84 Å². The summed E-state index contributed by atoms with van der Waals surface area (Å²) in [5, 5.41) is 7.47. The minimum Gasteiger partial charge on any atom is -0.384 e. The Morgan fingerprint density at radius 2 is 2.16 bits per heavy atom. The van der Waals surface area contributed by atoms with Crippen LogP contribution in [0, 0.1) is 11.3 Å². The number of nitrogens with two attached hydrogens (primary N) is 1. The molecular weight excluding hydrogens is 238 g/mol. The van der Waals surface area contributed by atoms with E-state index >= 15 is 0 Å². The van der Waals surface area contributed by atoms with Gasteiger partial charge < -0.3 is 15.4 Å². The maximum atomic E-state index is 7.47. The molecule has 104 valence electrons. The number of nitrogens with one attached hydrogen (secondary N) is 1. The van der Waals surface area contributed by atoms with Crippen LogP contribution in [0.1, 0.15) is 24.0 Å². The molecule has 0 saturated carbocycles. The maximum absolute atomic E-state index is 7.47. The van der Waals surface area contributed by atoms with Gasteiger partial charge in [-0.05, 0) is 37.4 Å². The lowest BCUT2D eigenvalue weighted by molar-refractivity contribution is 0.0549. The molecule has 3 N–H and O–H groups in total. The molecule has 0 atom stereocenters. The molecule has 1 fully saturated rings. The molecule has 1 heterocycles. The zero-order chi connectivity index (χ0) is 13.7. The average molecular weight is 261 g/mol. The van der Waals surface area contributed by atoms with E-state index in [0.29, 0.717) is 0 Å². The van der Waals surface area contributed by atoms with Crippen LogP contribution in [-0.4, -0.2) is 37.5 Å². The van der Waals surface area contributed by atoms with E-state index in [2.05, 4.69) is 18.0 Å². The summed E-state index contributed by atoms with van der Waals surface area (Å²) >= 11 is 0. The summed E-state index contributed by atoms with van der Waals surface area (Å²) in [6.07, 6.45) is 2.33. The standard InChI is InChI=1S/C15H23N3O/c1-18(10-12-5-7-19-8-6-12)11-13-3-2-4-14(9-13)15(16)17/h2-4,9,12H,5-8,10-11H2,1H3,(H3,16,17). The molecule has 4 heteroatoms. The smallest absolute Gasteiger partial charge is 0.122 e. The van der Waals surface area contributed by atoms with Crippen LogP contribution in [-0.2, 0) is 11.3 Å². The lowest BCUT2D eigenvalue weighted by Crippen LogP contribution is -2.29. The highest BCUT2D eigenvalue weighted by molar-refractivity contribution is 5.95. The van der Waals surface area contributed by atoms with Crippen molar-refractivity contribution in [3.05, 3.63) is 35.4 Å². The fourth-order valence-electron chi connectivity index (χ4n) is 2.58. The second-order valence-corrected chi connectivity index (χ2v) is 5.37. The first kappa shape index (κ1) is 14.0. The van der Waals surface area contributed by atoms with E-state index in [4.69, 9.17) is 15.9 Å². The molecule has 1 aromatic carbocycles. The molecule has 1 aromatic rings. The van der Waals surface area contributed by atoms with Gasteiger partial charge in [0.15, 0.2) is 0 Å². The summed E-state index contributed by atoms with van der Waals surface area (Å²) in [4.78, 5) is 2.34. The number of amidine groups is 1. The summed E-state index contributed by atoms with van der Waals surface area (Å²) in [6, 6.07) is 7.94. The topological polar surface area (TPSA) is 62.3 Å². The highest BCUT2D eigenvalue weighted by atomic mass is 16.5. The van der Waals surface area contributed by atoms with Crippen LogP contribution >= 0.6 is 0 Å². The van der Waals surface area contributed by atoms with Crippen LogP contribution in [0.2, 0.25) is 0 Å². The summed E-state index contributed by atoms with van der Waals surface area (Å²) in [6.45, 7) is 3.81. The Bertz CT molecular complexity index is 427. The van der Waals surface area contributed by atoms with Gasteiger partial charge in [0, 0.05) is 31.9 Å². The normalized spacial score (nSPS) is 16.7. The van der Waals surface area contributed by atoms with E-state index in [1.165, 1.54) is 5.56 Å². The fourth-order valence-corrected chi connectivity index (χ4v) is 2.58. The number of hydrogen-bond donors (Lipinski definition) is 2. The van der Waals surface area contributed by atoms with E-state index in [9.17, 15) is 0 Å². The van der Waals surface area contributed by atoms with E-state index in [-0.39, 0.29) is 5.84 Å². The van der Waals surface area contributed by atoms with Gasteiger partial charge in [0.05, 0.1) is 0 Å².